The highest BCUT2D eigenvalue weighted by Gasteiger charge is 2.20. The number of carbonyl (C=O) groups excluding carboxylic acids is 1. The van der Waals surface area contributed by atoms with Gasteiger partial charge < -0.3 is 4.74 Å². The average molecular weight is 220 g/mol. The van der Waals surface area contributed by atoms with Crippen LogP contribution in [0, 0.1) is 0 Å². The Bertz CT molecular complexity index is 415. The number of nitrogens with two attached hydrogens (primary N) is 1. The number of hydrogen-bond acceptors (Lipinski definition) is 3. The summed E-state index contributed by atoms with van der Waals surface area (Å²) < 4.78 is 5.42. The van der Waals surface area contributed by atoms with E-state index in [9.17, 15) is 4.79 Å². The zero-order chi connectivity index (χ0) is 11.7. The molecule has 0 spiro atoms. The summed E-state index contributed by atoms with van der Waals surface area (Å²) in [5, 5.41) is 1.13. The lowest BCUT2D eigenvalue weighted by Crippen LogP contribution is -2.36. The molecule has 1 aliphatic rings. The molecule has 16 heavy (non-hydrogen) atoms. The van der Waals surface area contributed by atoms with Crippen LogP contribution < -0.4 is 10.6 Å². The van der Waals surface area contributed by atoms with E-state index in [4.69, 9.17) is 10.6 Å². The van der Waals surface area contributed by atoms with Gasteiger partial charge in [-0.15, -0.1) is 0 Å². The van der Waals surface area contributed by atoms with Gasteiger partial charge in [0, 0.05) is 13.5 Å². The van der Waals surface area contributed by atoms with E-state index in [1.165, 1.54) is 5.56 Å². The van der Waals surface area contributed by atoms with Crippen molar-refractivity contribution >= 4 is 5.91 Å². The van der Waals surface area contributed by atoms with Crippen molar-refractivity contribution in [3.63, 3.8) is 0 Å². The first-order chi connectivity index (χ1) is 7.59. The van der Waals surface area contributed by atoms with Gasteiger partial charge in [-0.2, -0.15) is 0 Å². The number of amides is 1. The van der Waals surface area contributed by atoms with E-state index < -0.39 is 0 Å². The van der Waals surface area contributed by atoms with Gasteiger partial charge >= 0.3 is 0 Å². The molecule has 1 amide bonds. The minimum Gasteiger partial charge on any atom is -0.493 e. The van der Waals surface area contributed by atoms with E-state index in [0.717, 1.165) is 29.3 Å². The number of nitrogens with zero attached hydrogens (tertiary/aromatic N) is 1. The molecule has 0 aromatic heterocycles. The maximum atomic E-state index is 11.7. The number of hydrogen-bond donors (Lipinski definition) is 1. The van der Waals surface area contributed by atoms with Crippen LogP contribution in [-0.2, 0) is 11.2 Å². The van der Waals surface area contributed by atoms with Crippen molar-refractivity contribution in [3.05, 3.63) is 29.3 Å². The molecule has 1 aliphatic heterocycles. The van der Waals surface area contributed by atoms with Gasteiger partial charge in [-0.05, 0) is 24.1 Å². The molecule has 0 saturated carbocycles. The summed E-state index contributed by atoms with van der Waals surface area (Å²) in [7, 11) is 1.56. The van der Waals surface area contributed by atoms with Crippen molar-refractivity contribution in [1.29, 1.82) is 0 Å². The quantitative estimate of drug-likeness (QED) is 0.460. The Morgan fingerprint density at radius 2 is 2.31 bits per heavy atom. The first kappa shape index (κ1) is 11.0. The highest BCUT2D eigenvalue weighted by molar-refractivity contribution is 5.82. The predicted octanol–water partition coefficient (Wildman–Crippen LogP) is 1.06. The van der Waals surface area contributed by atoms with Crippen LogP contribution in [0.3, 0.4) is 0 Å². The number of ether oxygens (including phenoxy) is 1. The van der Waals surface area contributed by atoms with E-state index in [1.54, 1.807) is 7.05 Å². The molecule has 0 radical (unpaired) electrons. The van der Waals surface area contributed by atoms with Crippen molar-refractivity contribution in [1.82, 2.24) is 5.01 Å². The van der Waals surface area contributed by atoms with Crippen molar-refractivity contribution in [3.8, 4) is 5.75 Å². The molecule has 86 valence electrons. The molecule has 1 atom stereocenters. The smallest absolute Gasteiger partial charge is 0.243 e. The number of hydrazine groups is 1. The molecule has 1 heterocycles. The minimum absolute atomic E-state index is 0.0844. The zero-order valence-corrected chi connectivity index (χ0v) is 9.56. The third-order valence-electron chi connectivity index (χ3n) is 2.93. The lowest BCUT2D eigenvalue weighted by molar-refractivity contribution is -0.131. The fraction of sp³-hybridized carbons (Fsp3) is 0.417. The van der Waals surface area contributed by atoms with Gasteiger partial charge in [-0.25, -0.2) is 5.84 Å². The Kier molecular flexibility index (Phi) is 2.83. The number of fused-ring (bicyclic) bond motifs is 1. The highest BCUT2D eigenvalue weighted by atomic mass is 16.5. The lowest BCUT2D eigenvalue weighted by Gasteiger charge is -2.17. The third-order valence-corrected chi connectivity index (χ3v) is 2.93. The van der Waals surface area contributed by atoms with Crippen LogP contribution in [0.15, 0.2) is 18.2 Å². The van der Waals surface area contributed by atoms with Crippen LogP contribution >= 0.6 is 0 Å². The van der Waals surface area contributed by atoms with Gasteiger partial charge in [0.15, 0.2) is 0 Å². The fourth-order valence-electron chi connectivity index (χ4n) is 1.92. The van der Waals surface area contributed by atoms with E-state index in [1.807, 2.05) is 25.1 Å². The molecule has 2 N–H and O–H groups in total. The molecule has 1 aromatic carbocycles. The van der Waals surface area contributed by atoms with Crippen LogP contribution in [0.5, 0.6) is 5.75 Å². The van der Waals surface area contributed by atoms with E-state index >= 15 is 0 Å². The summed E-state index contributed by atoms with van der Waals surface area (Å²) in [5.74, 6) is 6.09. The number of carbonyl (C=O) groups is 1. The normalized spacial score (nSPS) is 15.2. The first-order valence-electron chi connectivity index (χ1n) is 5.37. The second-order valence-corrected chi connectivity index (χ2v) is 4.14. The summed E-state index contributed by atoms with van der Waals surface area (Å²) in [6.07, 6.45) is 0.919. The Hall–Kier alpha value is -1.55. The van der Waals surface area contributed by atoms with Gasteiger partial charge in [-0.1, -0.05) is 12.1 Å². The zero-order valence-electron chi connectivity index (χ0n) is 9.56. The third kappa shape index (κ3) is 1.88. The highest BCUT2D eigenvalue weighted by Crippen LogP contribution is 2.29. The summed E-state index contributed by atoms with van der Waals surface area (Å²) >= 11 is 0. The Labute approximate surface area is 95.0 Å². The topological polar surface area (TPSA) is 55.6 Å². The summed E-state index contributed by atoms with van der Waals surface area (Å²) in [5.41, 5.74) is 2.17. The van der Waals surface area contributed by atoms with Crippen molar-refractivity contribution in [2.45, 2.75) is 19.3 Å². The van der Waals surface area contributed by atoms with Crippen molar-refractivity contribution in [2.75, 3.05) is 13.7 Å². The van der Waals surface area contributed by atoms with E-state index in [0.29, 0.717) is 0 Å². The van der Waals surface area contributed by atoms with Crippen LogP contribution in [-0.4, -0.2) is 24.6 Å². The molecule has 1 aromatic rings. The molecule has 4 heteroatoms. The van der Waals surface area contributed by atoms with E-state index in [2.05, 4.69) is 0 Å². The maximum absolute atomic E-state index is 11.7. The van der Waals surface area contributed by atoms with Gasteiger partial charge in [0.1, 0.15) is 5.75 Å². The van der Waals surface area contributed by atoms with Crippen LogP contribution in [0.1, 0.15) is 24.0 Å². The van der Waals surface area contributed by atoms with Gasteiger partial charge in [0.25, 0.3) is 0 Å². The summed E-state index contributed by atoms with van der Waals surface area (Å²) in [4.78, 5) is 11.7. The second kappa shape index (κ2) is 4.14. The number of likely N-dealkylation sites (N-methyl/N-ethyl adjacent to an activating group) is 1. The average Bonchev–Trinajstić information content (AvgIpc) is 2.73. The van der Waals surface area contributed by atoms with Gasteiger partial charge in [-0.3, -0.25) is 9.80 Å². The minimum atomic E-state index is -0.208. The summed E-state index contributed by atoms with van der Waals surface area (Å²) in [6, 6.07) is 5.89. The van der Waals surface area contributed by atoms with Gasteiger partial charge in [0.2, 0.25) is 5.91 Å². The molecule has 0 saturated heterocycles. The SMILES string of the molecule is CC(C(=O)N(C)N)c1ccc2c(c1)CCO2. The maximum Gasteiger partial charge on any atom is 0.243 e. The summed E-state index contributed by atoms with van der Waals surface area (Å²) in [6.45, 7) is 2.60. The molecule has 0 aliphatic carbocycles. The molecular formula is C12H16N2O2. The Balaban J connectivity index is 2.24. The number of benzene rings is 1. The van der Waals surface area contributed by atoms with Crippen molar-refractivity contribution in [2.24, 2.45) is 5.84 Å². The number of rotatable bonds is 2. The molecule has 2 rings (SSSR count). The van der Waals surface area contributed by atoms with Crippen molar-refractivity contribution < 1.29 is 9.53 Å². The van der Waals surface area contributed by atoms with E-state index in [-0.39, 0.29) is 11.8 Å². The molecule has 1 unspecified atom stereocenters. The Morgan fingerprint density at radius 1 is 1.56 bits per heavy atom. The monoisotopic (exact) mass is 220 g/mol. The van der Waals surface area contributed by atoms with Crippen LogP contribution in [0.4, 0.5) is 0 Å². The van der Waals surface area contributed by atoms with Gasteiger partial charge in [0.05, 0.1) is 12.5 Å². The molecule has 0 fully saturated rings. The molecule has 0 bridgehead atoms. The Morgan fingerprint density at radius 3 is 3.00 bits per heavy atom. The molecular weight excluding hydrogens is 204 g/mol. The van der Waals surface area contributed by atoms with Crippen LogP contribution in [0.25, 0.3) is 0 Å². The predicted molar refractivity (Wildman–Crippen MR) is 61.0 cm³/mol. The first-order valence-corrected chi connectivity index (χ1v) is 5.37. The largest absolute Gasteiger partial charge is 0.493 e. The lowest BCUT2D eigenvalue weighted by atomic mass is 9.97. The second-order valence-electron chi connectivity index (χ2n) is 4.14. The fourth-order valence-corrected chi connectivity index (χ4v) is 1.92. The standard InChI is InChI=1S/C12H16N2O2/c1-8(12(15)14(2)13)9-3-4-11-10(7-9)5-6-16-11/h3-4,7-8H,5-6,13H2,1-2H3. The van der Waals surface area contributed by atoms with Crippen LogP contribution in [0.2, 0.25) is 0 Å². The molecule has 4 nitrogen and oxygen atoms in total.